The van der Waals surface area contributed by atoms with Gasteiger partial charge < -0.3 is 9.47 Å². The molecule has 3 aliphatic carbocycles. The van der Waals surface area contributed by atoms with Crippen molar-refractivity contribution < 1.29 is 38.4 Å². The lowest BCUT2D eigenvalue weighted by atomic mass is 9.55. The Morgan fingerprint density at radius 1 is 0.760 bits per heavy atom. The second-order valence-corrected chi connectivity index (χ2v) is 12.7. The molecule has 0 spiro atoms. The number of Topliss-reactive ketones (excluding diaryl/α,β-unsaturated/α-hetero) is 1. The van der Waals surface area contributed by atoms with Crippen LogP contribution < -0.4 is 4.74 Å². The highest BCUT2D eigenvalue weighted by Crippen LogP contribution is 2.61. The Morgan fingerprint density at radius 3 is 1.74 bits per heavy atom. The number of nitro groups is 1. The minimum atomic E-state index is -1.17. The predicted molar refractivity (Wildman–Crippen MR) is 179 cm³/mol. The second kappa shape index (κ2) is 13.1. The van der Waals surface area contributed by atoms with Crippen LogP contribution in [-0.4, -0.2) is 52.0 Å². The van der Waals surface area contributed by atoms with Crippen molar-refractivity contribution in [3.63, 3.8) is 0 Å². The summed E-state index contributed by atoms with van der Waals surface area (Å²) in [6.45, 7) is 1.33. The molecular formula is C39H32N2O9. The van der Waals surface area contributed by atoms with Gasteiger partial charge in [0.1, 0.15) is 11.8 Å². The molecule has 252 valence electrons. The van der Waals surface area contributed by atoms with E-state index in [9.17, 15) is 34.1 Å². The summed E-state index contributed by atoms with van der Waals surface area (Å²) in [6.07, 6.45) is 1.49. The Balaban J connectivity index is 1.04. The number of imide groups is 1. The van der Waals surface area contributed by atoms with Crippen LogP contribution >= 0.6 is 0 Å². The summed E-state index contributed by atoms with van der Waals surface area (Å²) in [5.41, 5.74) is 4.26. The van der Waals surface area contributed by atoms with Gasteiger partial charge in [-0.3, -0.25) is 29.4 Å². The molecule has 0 saturated carbocycles. The van der Waals surface area contributed by atoms with Crippen LogP contribution in [0.2, 0.25) is 0 Å². The highest BCUT2D eigenvalue weighted by molar-refractivity contribution is 6.10. The molecule has 1 heterocycles. The third kappa shape index (κ3) is 5.54. The number of esters is 2. The fourth-order valence-electron chi connectivity index (χ4n) is 7.67. The SMILES string of the molecule is CCCCC(C(=O)OCC(=O)c1ccc(OC(=O)c2ccc([N+](=O)[O-])cc2)cc1)N1C(=O)C2C3c4ccccc4C(c4ccccc43)C2C1=O. The number of carbonyl (C=O) groups excluding carboxylic acids is 5. The van der Waals surface area contributed by atoms with Crippen LogP contribution in [0.15, 0.2) is 97.1 Å². The zero-order valence-corrected chi connectivity index (χ0v) is 27.0. The lowest BCUT2D eigenvalue weighted by molar-refractivity contribution is -0.384. The summed E-state index contributed by atoms with van der Waals surface area (Å²) in [6, 6.07) is 25.2. The van der Waals surface area contributed by atoms with Crippen molar-refractivity contribution in [2.45, 2.75) is 44.1 Å². The van der Waals surface area contributed by atoms with E-state index in [1.165, 1.54) is 48.5 Å². The Hall–Kier alpha value is -5.97. The van der Waals surface area contributed by atoms with Gasteiger partial charge in [0, 0.05) is 29.5 Å². The fraction of sp³-hybridized carbons (Fsp3) is 0.256. The maximum Gasteiger partial charge on any atom is 0.343 e. The Kier molecular flexibility index (Phi) is 8.57. The molecule has 0 aromatic heterocycles. The van der Waals surface area contributed by atoms with Crippen LogP contribution in [0.1, 0.15) is 81.0 Å². The summed E-state index contributed by atoms with van der Waals surface area (Å²) >= 11 is 0. The molecule has 2 amide bonds. The molecule has 11 nitrogen and oxygen atoms in total. The molecule has 1 fully saturated rings. The molecule has 1 aliphatic heterocycles. The van der Waals surface area contributed by atoms with E-state index >= 15 is 0 Å². The zero-order chi connectivity index (χ0) is 35.1. The standard InChI is InChI=1S/C39H32N2O9/c1-2-3-12-30(39(46)49-21-31(42)22-15-19-25(20-16-22)50-38(45)23-13-17-24(18-14-23)41(47)48)40-36(43)34-32-26-8-4-5-9-27(26)33(35(34)37(40)44)29-11-7-6-10-28(29)32/h4-11,13-20,30,32-35H,2-3,12,21H2,1H3. The van der Waals surface area contributed by atoms with E-state index in [0.29, 0.717) is 6.42 Å². The van der Waals surface area contributed by atoms with Gasteiger partial charge in [-0.1, -0.05) is 68.3 Å². The minimum absolute atomic E-state index is 0.108. The number of carbonyl (C=O) groups is 5. The van der Waals surface area contributed by atoms with E-state index in [1.807, 2.05) is 55.5 Å². The van der Waals surface area contributed by atoms with Crippen molar-refractivity contribution in [1.29, 1.82) is 0 Å². The number of nitrogens with zero attached hydrogens (tertiary/aromatic N) is 2. The Labute approximate surface area is 287 Å². The first-order valence-corrected chi connectivity index (χ1v) is 16.5. The zero-order valence-electron chi connectivity index (χ0n) is 27.0. The average molecular weight is 673 g/mol. The molecule has 4 aromatic rings. The molecule has 3 atom stereocenters. The first-order valence-electron chi connectivity index (χ1n) is 16.5. The number of amides is 2. The first kappa shape index (κ1) is 32.6. The smallest absolute Gasteiger partial charge is 0.343 e. The summed E-state index contributed by atoms with van der Waals surface area (Å²) in [7, 11) is 0. The van der Waals surface area contributed by atoms with Crippen molar-refractivity contribution in [3.8, 4) is 5.75 Å². The quantitative estimate of drug-likeness (QED) is 0.0467. The van der Waals surface area contributed by atoms with Crippen LogP contribution in [0.5, 0.6) is 5.75 Å². The fourth-order valence-corrected chi connectivity index (χ4v) is 7.67. The number of rotatable bonds is 11. The van der Waals surface area contributed by atoms with Gasteiger partial charge in [-0.2, -0.15) is 0 Å². The van der Waals surface area contributed by atoms with Crippen LogP contribution in [0.25, 0.3) is 0 Å². The summed E-state index contributed by atoms with van der Waals surface area (Å²) < 4.78 is 10.8. The molecule has 4 aliphatic rings. The number of hydrogen-bond acceptors (Lipinski definition) is 9. The third-order valence-electron chi connectivity index (χ3n) is 9.94. The van der Waals surface area contributed by atoms with Gasteiger partial charge in [0.25, 0.3) is 5.69 Å². The normalized spacial score (nSPS) is 20.4. The minimum Gasteiger partial charge on any atom is -0.456 e. The van der Waals surface area contributed by atoms with Gasteiger partial charge in [-0.15, -0.1) is 0 Å². The van der Waals surface area contributed by atoms with Crippen molar-refractivity contribution in [3.05, 3.63) is 141 Å². The molecule has 3 unspecified atom stereocenters. The summed E-state index contributed by atoms with van der Waals surface area (Å²) in [5, 5.41) is 10.9. The topological polar surface area (TPSA) is 150 Å². The molecule has 8 rings (SSSR count). The Bertz CT molecular complexity index is 1920. The summed E-state index contributed by atoms with van der Waals surface area (Å²) in [5.74, 6) is -4.61. The molecule has 50 heavy (non-hydrogen) atoms. The molecule has 1 saturated heterocycles. The van der Waals surface area contributed by atoms with Gasteiger partial charge in [-0.05, 0) is 65.1 Å². The van der Waals surface area contributed by atoms with Crippen molar-refractivity contribution >= 4 is 35.2 Å². The Morgan fingerprint density at radius 2 is 1.26 bits per heavy atom. The van der Waals surface area contributed by atoms with Gasteiger partial charge in [0.2, 0.25) is 11.8 Å². The maximum atomic E-state index is 14.2. The van der Waals surface area contributed by atoms with Gasteiger partial charge in [0.05, 0.1) is 22.3 Å². The number of benzene rings is 4. The molecule has 11 heteroatoms. The molecular weight excluding hydrogens is 640 g/mol. The number of non-ortho nitro benzene ring substituents is 1. The average Bonchev–Trinajstić information content (AvgIpc) is 3.40. The molecule has 2 bridgehead atoms. The number of ether oxygens (including phenoxy) is 2. The molecule has 0 N–H and O–H groups in total. The summed E-state index contributed by atoms with van der Waals surface area (Å²) in [4.78, 5) is 79.0. The first-order chi connectivity index (χ1) is 24.2. The van der Waals surface area contributed by atoms with Crippen LogP contribution in [0.3, 0.4) is 0 Å². The number of ketones is 1. The highest BCUT2D eigenvalue weighted by Gasteiger charge is 2.63. The largest absolute Gasteiger partial charge is 0.456 e. The second-order valence-electron chi connectivity index (χ2n) is 12.7. The van der Waals surface area contributed by atoms with E-state index in [2.05, 4.69) is 0 Å². The number of unbranched alkanes of at least 4 members (excludes halogenated alkanes) is 1. The van der Waals surface area contributed by atoms with E-state index in [-0.39, 0.29) is 52.6 Å². The number of nitro benzene ring substituents is 1. The van der Waals surface area contributed by atoms with Crippen molar-refractivity contribution in [2.24, 2.45) is 11.8 Å². The third-order valence-corrected chi connectivity index (χ3v) is 9.94. The monoisotopic (exact) mass is 672 g/mol. The van der Waals surface area contributed by atoms with E-state index < -0.39 is 47.1 Å². The molecule has 4 aromatic carbocycles. The number of hydrogen-bond donors (Lipinski definition) is 0. The van der Waals surface area contributed by atoms with Crippen molar-refractivity contribution in [2.75, 3.05) is 6.61 Å². The van der Waals surface area contributed by atoms with E-state index in [4.69, 9.17) is 9.47 Å². The van der Waals surface area contributed by atoms with Crippen LogP contribution in [0.4, 0.5) is 5.69 Å². The van der Waals surface area contributed by atoms with Gasteiger partial charge >= 0.3 is 11.9 Å². The van der Waals surface area contributed by atoms with E-state index in [0.717, 1.165) is 33.6 Å². The maximum absolute atomic E-state index is 14.2. The molecule has 0 radical (unpaired) electrons. The lowest BCUT2D eigenvalue weighted by Gasteiger charge is -2.45. The lowest BCUT2D eigenvalue weighted by Crippen LogP contribution is -2.46. The van der Waals surface area contributed by atoms with Gasteiger partial charge in [0.15, 0.2) is 12.4 Å². The van der Waals surface area contributed by atoms with E-state index in [1.54, 1.807) is 0 Å². The van der Waals surface area contributed by atoms with Crippen LogP contribution in [-0.2, 0) is 19.1 Å². The van der Waals surface area contributed by atoms with Crippen LogP contribution in [0, 0.1) is 22.0 Å². The van der Waals surface area contributed by atoms with Gasteiger partial charge in [-0.25, -0.2) is 9.59 Å². The number of likely N-dealkylation sites (tertiary alicyclic amines) is 1. The van der Waals surface area contributed by atoms with Crippen molar-refractivity contribution in [1.82, 2.24) is 4.90 Å². The highest BCUT2D eigenvalue weighted by atomic mass is 16.6. The predicted octanol–water partition coefficient (Wildman–Crippen LogP) is 5.99.